The van der Waals surface area contributed by atoms with E-state index in [0.717, 1.165) is 5.56 Å². The zero-order chi connectivity index (χ0) is 14.7. The molecule has 0 atom stereocenters. The van der Waals surface area contributed by atoms with E-state index >= 15 is 0 Å². The first kappa shape index (κ1) is 14.7. The van der Waals surface area contributed by atoms with Crippen LogP contribution in [0.3, 0.4) is 0 Å². The molecular weight excluding hydrogens is 344 g/mol. The van der Waals surface area contributed by atoms with Crippen molar-refractivity contribution < 1.29 is 9.94 Å². The Morgan fingerprint density at radius 3 is 2.65 bits per heavy atom. The molecule has 104 valence electrons. The topological polar surface area (TPSA) is 67.8 Å². The van der Waals surface area contributed by atoms with Gasteiger partial charge < -0.3 is 15.7 Å². The molecule has 0 unspecified atom stereocenters. The number of hydrogen-bond donors (Lipinski definition) is 2. The van der Waals surface area contributed by atoms with Gasteiger partial charge in [-0.25, -0.2) is 0 Å². The van der Waals surface area contributed by atoms with Crippen molar-refractivity contribution in [2.75, 3.05) is 0 Å². The second kappa shape index (κ2) is 6.15. The minimum Gasteiger partial charge on any atom is -0.455 e. The highest BCUT2D eigenvalue weighted by Gasteiger charge is 2.09. The molecule has 0 saturated carbocycles. The van der Waals surface area contributed by atoms with Crippen molar-refractivity contribution in [3.63, 3.8) is 0 Å². The molecule has 6 heteroatoms. The number of nitrogens with two attached hydrogens (primary N) is 1. The van der Waals surface area contributed by atoms with Crippen LogP contribution in [-0.4, -0.2) is 11.0 Å². The lowest BCUT2D eigenvalue weighted by Gasteiger charge is -2.11. The van der Waals surface area contributed by atoms with Crippen molar-refractivity contribution in [2.45, 2.75) is 6.92 Å². The van der Waals surface area contributed by atoms with E-state index in [9.17, 15) is 0 Å². The highest BCUT2D eigenvalue weighted by molar-refractivity contribution is 9.10. The first-order chi connectivity index (χ1) is 9.51. The van der Waals surface area contributed by atoms with Gasteiger partial charge in [0, 0.05) is 5.56 Å². The Labute approximate surface area is 129 Å². The Bertz CT molecular complexity index is 674. The second-order valence-corrected chi connectivity index (χ2v) is 5.43. The molecule has 0 aromatic heterocycles. The highest BCUT2D eigenvalue weighted by Crippen LogP contribution is 2.34. The summed E-state index contributed by atoms with van der Waals surface area (Å²) < 4.78 is 6.45. The standard InChI is InChI=1S/C14H12BrClN2O2/c1-8-2-4-11(16)13(6-8)20-12-5-3-9(7-10(12)15)14(17)18-19/h2-7,19H,1H3,(H2,17,18). The summed E-state index contributed by atoms with van der Waals surface area (Å²) in [6.45, 7) is 1.96. The molecule has 0 heterocycles. The zero-order valence-electron chi connectivity index (χ0n) is 10.6. The smallest absolute Gasteiger partial charge is 0.170 e. The normalized spacial score (nSPS) is 11.4. The molecule has 0 aliphatic carbocycles. The monoisotopic (exact) mass is 354 g/mol. The molecule has 0 spiro atoms. The van der Waals surface area contributed by atoms with E-state index in [4.69, 9.17) is 27.3 Å². The number of rotatable bonds is 3. The van der Waals surface area contributed by atoms with Gasteiger partial charge in [-0.3, -0.25) is 0 Å². The van der Waals surface area contributed by atoms with E-state index in [1.165, 1.54) is 0 Å². The van der Waals surface area contributed by atoms with E-state index in [2.05, 4.69) is 21.1 Å². The number of benzene rings is 2. The lowest BCUT2D eigenvalue weighted by atomic mass is 10.2. The fourth-order valence-corrected chi connectivity index (χ4v) is 2.22. The van der Waals surface area contributed by atoms with Crippen LogP contribution < -0.4 is 10.5 Å². The van der Waals surface area contributed by atoms with Crippen LogP contribution in [-0.2, 0) is 0 Å². The molecule has 2 aromatic rings. The van der Waals surface area contributed by atoms with Crippen LogP contribution in [0.25, 0.3) is 0 Å². The van der Waals surface area contributed by atoms with Crippen molar-refractivity contribution in [2.24, 2.45) is 10.9 Å². The van der Waals surface area contributed by atoms with Gasteiger partial charge >= 0.3 is 0 Å². The van der Waals surface area contributed by atoms with Crippen LogP contribution in [0.1, 0.15) is 11.1 Å². The number of oxime groups is 1. The second-order valence-electron chi connectivity index (χ2n) is 4.17. The number of amidine groups is 1. The number of nitrogens with zero attached hydrogens (tertiary/aromatic N) is 1. The van der Waals surface area contributed by atoms with Gasteiger partial charge in [-0.1, -0.05) is 22.8 Å². The number of aryl methyl sites for hydroxylation is 1. The van der Waals surface area contributed by atoms with Crippen molar-refractivity contribution >= 4 is 33.4 Å². The van der Waals surface area contributed by atoms with E-state index in [1.54, 1.807) is 24.3 Å². The SMILES string of the molecule is Cc1ccc(Cl)c(Oc2ccc(/C(N)=N/O)cc2Br)c1. The summed E-state index contributed by atoms with van der Waals surface area (Å²) in [6.07, 6.45) is 0. The van der Waals surface area contributed by atoms with Gasteiger partial charge in [-0.2, -0.15) is 0 Å². The van der Waals surface area contributed by atoms with Gasteiger partial charge in [-0.05, 0) is 58.7 Å². The summed E-state index contributed by atoms with van der Waals surface area (Å²) in [5, 5.41) is 12.1. The van der Waals surface area contributed by atoms with Gasteiger partial charge in [0.15, 0.2) is 5.84 Å². The van der Waals surface area contributed by atoms with Crippen molar-refractivity contribution in [3.8, 4) is 11.5 Å². The summed E-state index contributed by atoms with van der Waals surface area (Å²) in [5.41, 5.74) is 7.16. The average molecular weight is 356 g/mol. The average Bonchev–Trinajstić information content (AvgIpc) is 2.44. The Morgan fingerprint density at radius 2 is 2.00 bits per heavy atom. The maximum atomic E-state index is 8.65. The molecule has 0 bridgehead atoms. The lowest BCUT2D eigenvalue weighted by Crippen LogP contribution is -2.12. The number of hydrogen-bond acceptors (Lipinski definition) is 3. The summed E-state index contributed by atoms with van der Waals surface area (Å²) >= 11 is 9.48. The van der Waals surface area contributed by atoms with Gasteiger partial charge in [0.05, 0.1) is 9.50 Å². The van der Waals surface area contributed by atoms with E-state index in [-0.39, 0.29) is 5.84 Å². The van der Waals surface area contributed by atoms with Crippen LogP contribution in [0.4, 0.5) is 0 Å². The summed E-state index contributed by atoms with van der Waals surface area (Å²) in [5.74, 6) is 1.20. The molecule has 0 amide bonds. The van der Waals surface area contributed by atoms with E-state index < -0.39 is 0 Å². The van der Waals surface area contributed by atoms with Crippen LogP contribution in [0.2, 0.25) is 5.02 Å². The molecular formula is C14H12BrClN2O2. The molecule has 0 radical (unpaired) electrons. The predicted octanol–water partition coefficient (Wildman–Crippen LogP) is 4.30. The van der Waals surface area contributed by atoms with Crippen molar-refractivity contribution in [3.05, 3.63) is 57.0 Å². The molecule has 2 rings (SSSR count). The molecule has 4 nitrogen and oxygen atoms in total. The third kappa shape index (κ3) is 3.23. The maximum Gasteiger partial charge on any atom is 0.170 e. The Hall–Kier alpha value is -1.72. The molecule has 0 aliphatic rings. The Balaban J connectivity index is 2.33. The Morgan fingerprint density at radius 1 is 1.25 bits per heavy atom. The fourth-order valence-electron chi connectivity index (χ4n) is 1.61. The van der Waals surface area contributed by atoms with Gasteiger partial charge in [0.1, 0.15) is 11.5 Å². The van der Waals surface area contributed by atoms with E-state index in [0.29, 0.717) is 26.6 Å². The number of halogens is 2. The van der Waals surface area contributed by atoms with Gasteiger partial charge in [0.2, 0.25) is 0 Å². The molecule has 2 aromatic carbocycles. The van der Waals surface area contributed by atoms with Gasteiger partial charge in [0.25, 0.3) is 0 Å². The predicted molar refractivity (Wildman–Crippen MR) is 82.9 cm³/mol. The molecule has 0 saturated heterocycles. The summed E-state index contributed by atoms with van der Waals surface area (Å²) in [7, 11) is 0. The minimum atomic E-state index is 0.0332. The van der Waals surface area contributed by atoms with Crippen LogP contribution in [0.15, 0.2) is 46.0 Å². The molecule has 3 N–H and O–H groups in total. The Kier molecular flexibility index (Phi) is 4.52. The van der Waals surface area contributed by atoms with E-state index in [1.807, 2.05) is 19.1 Å². The maximum absolute atomic E-state index is 8.65. The third-order valence-electron chi connectivity index (χ3n) is 2.64. The summed E-state index contributed by atoms with van der Waals surface area (Å²) in [6, 6.07) is 10.7. The molecule has 0 aliphatic heterocycles. The van der Waals surface area contributed by atoms with Crippen LogP contribution in [0, 0.1) is 6.92 Å². The molecule has 0 fully saturated rings. The lowest BCUT2D eigenvalue weighted by molar-refractivity contribution is 0.318. The minimum absolute atomic E-state index is 0.0332. The zero-order valence-corrected chi connectivity index (χ0v) is 12.9. The highest BCUT2D eigenvalue weighted by atomic mass is 79.9. The quantitative estimate of drug-likeness (QED) is 0.373. The summed E-state index contributed by atoms with van der Waals surface area (Å²) in [4.78, 5) is 0. The van der Waals surface area contributed by atoms with Crippen LogP contribution in [0.5, 0.6) is 11.5 Å². The first-order valence-electron chi connectivity index (χ1n) is 5.72. The number of ether oxygens (including phenoxy) is 1. The third-order valence-corrected chi connectivity index (χ3v) is 3.57. The largest absolute Gasteiger partial charge is 0.455 e. The van der Waals surface area contributed by atoms with Crippen molar-refractivity contribution in [1.82, 2.24) is 0 Å². The fraction of sp³-hybridized carbons (Fsp3) is 0.0714. The first-order valence-corrected chi connectivity index (χ1v) is 6.90. The van der Waals surface area contributed by atoms with Crippen LogP contribution >= 0.6 is 27.5 Å². The van der Waals surface area contributed by atoms with Gasteiger partial charge in [-0.15, -0.1) is 0 Å². The van der Waals surface area contributed by atoms with Crippen molar-refractivity contribution in [1.29, 1.82) is 0 Å². The molecule has 20 heavy (non-hydrogen) atoms.